The molecule has 0 fully saturated rings. The standard InChI is InChI=1S/C29H32O5/c1-4-20-10-12-23(27(16-20)32-18-21-8-6-5-7-9-21)25(31)19-33-28-22(17-30)11-13-26-24(28)14-15-29(2,3)34-26/h5-13,16,30H,4,14-15,17-19H2,1-3H3. The first-order valence-electron chi connectivity index (χ1n) is 11.8. The predicted octanol–water partition coefficient (Wildman–Crippen LogP) is 5.69. The van der Waals surface area contributed by atoms with E-state index in [4.69, 9.17) is 14.2 Å². The maximum atomic E-state index is 13.2. The van der Waals surface area contributed by atoms with Crippen molar-refractivity contribution >= 4 is 5.78 Å². The molecule has 0 radical (unpaired) electrons. The zero-order valence-electron chi connectivity index (χ0n) is 20.1. The third-order valence-electron chi connectivity index (χ3n) is 6.17. The van der Waals surface area contributed by atoms with Gasteiger partial charge in [-0.3, -0.25) is 4.79 Å². The number of fused-ring (bicyclic) bond motifs is 1. The first-order chi connectivity index (χ1) is 16.4. The molecule has 34 heavy (non-hydrogen) atoms. The average Bonchev–Trinajstić information content (AvgIpc) is 2.85. The van der Waals surface area contributed by atoms with E-state index in [0.29, 0.717) is 29.2 Å². The van der Waals surface area contributed by atoms with Crippen molar-refractivity contribution in [3.05, 3.63) is 88.5 Å². The number of ether oxygens (including phenoxy) is 3. The molecule has 0 unspecified atom stereocenters. The van der Waals surface area contributed by atoms with E-state index in [1.807, 2.05) is 54.6 Å². The van der Waals surface area contributed by atoms with E-state index in [1.54, 1.807) is 6.07 Å². The fraction of sp³-hybridized carbons (Fsp3) is 0.345. The third-order valence-corrected chi connectivity index (χ3v) is 6.17. The lowest BCUT2D eigenvalue weighted by atomic mass is 9.92. The van der Waals surface area contributed by atoms with Gasteiger partial charge in [-0.1, -0.05) is 43.3 Å². The SMILES string of the molecule is CCc1ccc(C(=O)COc2c(CO)ccc3c2CCC(C)(C)O3)c(OCc2ccccc2)c1. The molecule has 0 aliphatic carbocycles. The average molecular weight is 461 g/mol. The monoisotopic (exact) mass is 460 g/mol. The van der Waals surface area contributed by atoms with Crippen LogP contribution >= 0.6 is 0 Å². The van der Waals surface area contributed by atoms with Crippen molar-refractivity contribution in [3.8, 4) is 17.2 Å². The van der Waals surface area contributed by atoms with Gasteiger partial charge in [0.05, 0.1) is 12.2 Å². The zero-order chi connectivity index (χ0) is 24.1. The minimum Gasteiger partial charge on any atom is -0.488 e. The van der Waals surface area contributed by atoms with Crippen LogP contribution in [0.5, 0.6) is 17.2 Å². The van der Waals surface area contributed by atoms with Gasteiger partial charge in [-0.2, -0.15) is 0 Å². The van der Waals surface area contributed by atoms with E-state index in [2.05, 4.69) is 20.8 Å². The summed E-state index contributed by atoms with van der Waals surface area (Å²) in [6.07, 6.45) is 2.44. The quantitative estimate of drug-likeness (QED) is 0.416. The van der Waals surface area contributed by atoms with Gasteiger partial charge in [0, 0.05) is 11.1 Å². The second-order valence-corrected chi connectivity index (χ2v) is 9.22. The molecule has 0 atom stereocenters. The topological polar surface area (TPSA) is 65.0 Å². The van der Waals surface area contributed by atoms with Crippen LogP contribution in [-0.2, 0) is 26.1 Å². The van der Waals surface area contributed by atoms with Crippen molar-refractivity contribution in [1.29, 1.82) is 0 Å². The highest BCUT2D eigenvalue weighted by Crippen LogP contribution is 2.40. The summed E-state index contributed by atoms with van der Waals surface area (Å²) in [5, 5.41) is 9.86. The molecule has 178 valence electrons. The van der Waals surface area contributed by atoms with Crippen molar-refractivity contribution in [2.45, 2.75) is 58.8 Å². The second kappa shape index (κ2) is 10.3. The summed E-state index contributed by atoms with van der Waals surface area (Å²) in [5.41, 5.74) is 3.91. The summed E-state index contributed by atoms with van der Waals surface area (Å²) >= 11 is 0. The van der Waals surface area contributed by atoms with Crippen molar-refractivity contribution in [2.24, 2.45) is 0 Å². The second-order valence-electron chi connectivity index (χ2n) is 9.22. The molecule has 5 heteroatoms. The number of aryl methyl sites for hydroxylation is 1. The summed E-state index contributed by atoms with van der Waals surface area (Å²) in [4.78, 5) is 13.2. The molecule has 1 N–H and O–H groups in total. The van der Waals surface area contributed by atoms with Gasteiger partial charge in [0.1, 0.15) is 29.5 Å². The number of aliphatic hydroxyl groups is 1. The number of Topliss-reactive ketones (excluding diaryl/α,β-unsaturated/α-hetero) is 1. The minimum absolute atomic E-state index is 0.153. The Morgan fingerprint density at radius 1 is 1.03 bits per heavy atom. The highest BCUT2D eigenvalue weighted by atomic mass is 16.5. The van der Waals surface area contributed by atoms with Crippen LogP contribution in [0.15, 0.2) is 60.7 Å². The van der Waals surface area contributed by atoms with Gasteiger partial charge in [-0.25, -0.2) is 0 Å². The number of carbonyl (C=O) groups excluding carboxylic acids is 1. The molecule has 1 aliphatic rings. The number of ketones is 1. The highest BCUT2D eigenvalue weighted by Gasteiger charge is 2.30. The first-order valence-corrected chi connectivity index (χ1v) is 11.8. The molecule has 3 aromatic carbocycles. The Kier molecular flexibility index (Phi) is 7.23. The molecule has 1 heterocycles. The fourth-order valence-electron chi connectivity index (χ4n) is 4.16. The molecule has 0 amide bonds. The lowest BCUT2D eigenvalue weighted by molar-refractivity contribution is 0.0813. The number of aliphatic hydroxyl groups excluding tert-OH is 1. The van der Waals surface area contributed by atoms with Crippen LogP contribution < -0.4 is 14.2 Å². The van der Waals surface area contributed by atoms with Crippen LogP contribution in [0.25, 0.3) is 0 Å². The summed E-state index contributed by atoms with van der Waals surface area (Å²) < 4.78 is 18.2. The smallest absolute Gasteiger partial charge is 0.203 e. The lowest BCUT2D eigenvalue weighted by Crippen LogP contribution is -2.33. The summed E-state index contributed by atoms with van der Waals surface area (Å²) in [6, 6.07) is 19.2. The minimum atomic E-state index is -0.257. The number of rotatable bonds is 9. The fourth-order valence-corrected chi connectivity index (χ4v) is 4.16. The van der Waals surface area contributed by atoms with E-state index < -0.39 is 0 Å². The Morgan fingerprint density at radius 3 is 2.56 bits per heavy atom. The van der Waals surface area contributed by atoms with Gasteiger partial charge in [0.15, 0.2) is 6.61 Å². The van der Waals surface area contributed by atoms with Crippen LogP contribution in [-0.4, -0.2) is 23.1 Å². The maximum absolute atomic E-state index is 13.2. The van der Waals surface area contributed by atoms with E-state index in [-0.39, 0.29) is 24.6 Å². The molecule has 0 aromatic heterocycles. The van der Waals surface area contributed by atoms with E-state index in [0.717, 1.165) is 41.7 Å². The number of benzene rings is 3. The van der Waals surface area contributed by atoms with Gasteiger partial charge >= 0.3 is 0 Å². The molecular formula is C29H32O5. The normalized spacial score (nSPS) is 14.1. The number of hydrogen-bond donors (Lipinski definition) is 1. The molecule has 0 spiro atoms. The molecule has 5 nitrogen and oxygen atoms in total. The molecule has 0 saturated heterocycles. The zero-order valence-corrected chi connectivity index (χ0v) is 20.1. The number of carbonyl (C=O) groups is 1. The van der Waals surface area contributed by atoms with Gasteiger partial charge in [0.25, 0.3) is 0 Å². The number of hydrogen-bond acceptors (Lipinski definition) is 5. The Bertz CT molecular complexity index is 1150. The molecular weight excluding hydrogens is 428 g/mol. The van der Waals surface area contributed by atoms with E-state index in [1.165, 1.54) is 0 Å². The molecule has 0 saturated carbocycles. The van der Waals surface area contributed by atoms with Crippen LogP contribution in [0.4, 0.5) is 0 Å². The van der Waals surface area contributed by atoms with Crippen molar-refractivity contribution in [1.82, 2.24) is 0 Å². The summed E-state index contributed by atoms with van der Waals surface area (Å²) in [7, 11) is 0. The third kappa shape index (κ3) is 5.42. The van der Waals surface area contributed by atoms with Crippen LogP contribution in [0.2, 0.25) is 0 Å². The van der Waals surface area contributed by atoms with Crippen molar-refractivity contribution < 1.29 is 24.1 Å². The molecule has 0 bridgehead atoms. The summed E-state index contributed by atoms with van der Waals surface area (Å²) in [5.74, 6) is 1.67. The molecule has 4 rings (SSSR count). The summed E-state index contributed by atoms with van der Waals surface area (Å²) in [6.45, 7) is 6.23. The van der Waals surface area contributed by atoms with Crippen LogP contribution in [0.1, 0.15) is 59.8 Å². The van der Waals surface area contributed by atoms with Crippen molar-refractivity contribution in [3.63, 3.8) is 0 Å². The first kappa shape index (κ1) is 23.8. The van der Waals surface area contributed by atoms with E-state index in [9.17, 15) is 9.90 Å². The Morgan fingerprint density at radius 2 is 1.82 bits per heavy atom. The molecule has 1 aliphatic heterocycles. The van der Waals surface area contributed by atoms with Gasteiger partial charge in [-0.05, 0) is 68.5 Å². The van der Waals surface area contributed by atoms with Gasteiger partial charge in [-0.15, -0.1) is 0 Å². The highest BCUT2D eigenvalue weighted by molar-refractivity contribution is 5.99. The Labute approximate surface area is 201 Å². The Hall–Kier alpha value is -3.31. The predicted molar refractivity (Wildman–Crippen MR) is 132 cm³/mol. The van der Waals surface area contributed by atoms with Crippen LogP contribution in [0, 0.1) is 0 Å². The largest absolute Gasteiger partial charge is 0.488 e. The Balaban J connectivity index is 1.54. The van der Waals surface area contributed by atoms with E-state index >= 15 is 0 Å². The van der Waals surface area contributed by atoms with Gasteiger partial charge in [0.2, 0.25) is 5.78 Å². The van der Waals surface area contributed by atoms with Gasteiger partial charge < -0.3 is 19.3 Å². The lowest BCUT2D eigenvalue weighted by Gasteiger charge is -2.33. The van der Waals surface area contributed by atoms with Crippen LogP contribution in [0.3, 0.4) is 0 Å². The van der Waals surface area contributed by atoms with Crippen molar-refractivity contribution in [2.75, 3.05) is 6.61 Å². The molecule has 3 aromatic rings. The maximum Gasteiger partial charge on any atom is 0.203 e.